The van der Waals surface area contributed by atoms with E-state index in [1.807, 2.05) is 38.4 Å². The molecule has 2 aromatic carbocycles. The molecule has 0 radical (unpaired) electrons. The Bertz CT molecular complexity index is 907. The molecule has 2 aromatic rings. The van der Waals surface area contributed by atoms with Crippen molar-refractivity contribution in [2.24, 2.45) is 5.10 Å². The Labute approximate surface area is 174 Å². The Hall–Kier alpha value is -3.72. The SMILES string of the molecule is CNC(=O)C(C(=O)NO)N(C)C(=O)c1ccc(-c2ccc(/C=N/N(C)C)cc2)cc1. The maximum Gasteiger partial charge on any atom is 0.275 e. The second kappa shape index (κ2) is 10.2. The number of benzene rings is 2. The number of hydroxylamine groups is 1. The Morgan fingerprint density at radius 1 is 0.933 bits per heavy atom. The van der Waals surface area contributed by atoms with Gasteiger partial charge in [0.15, 0.2) is 6.04 Å². The van der Waals surface area contributed by atoms with Crippen molar-refractivity contribution in [2.75, 3.05) is 28.2 Å². The minimum Gasteiger partial charge on any atom is -0.357 e. The van der Waals surface area contributed by atoms with Crippen LogP contribution >= 0.6 is 0 Å². The lowest BCUT2D eigenvalue weighted by Gasteiger charge is -2.25. The van der Waals surface area contributed by atoms with Crippen molar-refractivity contribution < 1.29 is 19.6 Å². The molecule has 0 saturated carbocycles. The molecule has 0 aromatic heterocycles. The molecule has 0 aliphatic rings. The second-order valence-corrected chi connectivity index (χ2v) is 6.70. The van der Waals surface area contributed by atoms with Crippen LogP contribution in [0.2, 0.25) is 0 Å². The molecule has 1 atom stereocenters. The lowest BCUT2D eigenvalue weighted by atomic mass is 10.0. The molecule has 1 unspecified atom stereocenters. The molecule has 0 aliphatic carbocycles. The summed E-state index contributed by atoms with van der Waals surface area (Å²) in [6.45, 7) is 0. The quantitative estimate of drug-likeness (QED) is 0.272. The zero-order chi connectivity index (χ0) is 22.3. The van der Waals surface area contributed by atoms with Gasteiger partial charge in [0.2, 0.25) is 0 Å². The van der Waals surface area contributed by atoms with Crippen molar-refractivity contribution in [1.29, 1.82) is 0 Å². The largest absolute Gasteiger partial charge is 0.357 e. The first kappa shape index (κ1) is 22.6. The Morgan fingerprint density at radius 3 is 1.93 bits per heavy atom. The van der Waals surface area contributed by atoms with E-state index in [9.17, 15) is 14.4 Å². The summed E-state index contributed by atoms with van der Waals surface area (Å²) in [6.07, 6.45) is 1.76. The Morgan fingerprint density at radius 2 is 1.47 bits per heavy atom. The summed E-state index contributed by atoms with van der Waals surface area (Å²) in [7, 11) is 6.35. The summed E-state index contributed by atoms with van der Waals surface area (Å²) in [6, 6.07) is 13.1. The van der Waals surface area contributed by atoms with E-state index in [1.54, 1.807) is 35.5 Å². The number of hydrazone groups is 1. The van der Waals surface area contributed by atoms with Crippen LogP contribution in [0.1, 0.15) is 15.9 Å². The minimum absolute atomic E-state index is 0.302. The van der Waals surface area contributed by atoms with Crippen LogP contribution < -0.4 is 10.8 Å². The van der Waals surface area contributed by atoms with Gasteiger partial charge in [-0.25, -0.2) is 5.48 Å². The van der Waals surface area contributed by atoms with E-state index in [0.717, 1.165) is 21.6 Å². The fraction of sp³-hybridized carbons (Fsp3) is 0.238. The average molecular weight is 411 g/mol. The van der Waals surface area contributed by atoms with Gasteiger partial charge in [-0.15, -0.1) is 0 Å². The van der Waals surface area contributed by atoms with Crippen molar-refractivity contribution in [2.45, 2.75) is 6.04 Å². The van der Waals surface area contributed by atoms with Gasteiger partial charge >= 0.3 is 0 Å². The molecule has 3 amide bonds. The Balaban J connectivity index is 2.19. The minimum atomic E-state index is -1.50. The number of likely N-dealkylation sites (N-methyl/N-ethyl adjacent to an activating group) is 2. The third kappa shape index (κ3) is 5.42. The molecule has 0 spiro atoms. The molecule has 3 N–H and O–H groups in total. The van der Waals surface area contributed by atoms with E-state index < -0.39 is 23.8 Å². The zero-order valence-corrected chi connectivity index (χ0v) is 17.3. The van der Waals surface area contributed by atoms with Crippen LogP contribution in [0.5, 0.6) is 0 Å². The van der Waals surface area contributed by atoms with Gasteiger partial charge in [0.1, 0.15) is 0 Å². The first-order valence-electron chi connectivity index (χ1n) is 9.13. The lowest BCUT2D eigenvalue weighted by Crippen LogP contribution is -2.54. The van der Waals surface area contributed by atoms with Gasteiger partial charge in [-0.3, -0.25) is 19.6 Å². The molecule has 0 bridgehead atoms. The van der Waals surface area contributed by atoms with Crippen molar-refractivity contribution in [1.82, 2.24) is 20.7 Å². The summed E-state index contributed by atoms with van der Waals surface area (Å²) in [5.41, 5.74) is 4.54. The number of carbonyl (C=O) groups excluding carboxylic acids is 3. The maximum absolute atomic E-state index is 12.7. The number of carbonyl (C=O) groups is 3. The van der Waals surface area contributed by atoms with Crippen molar-refractivity contribution in [3.05, 3.63) is 59.7 Å². The van der Waals surface area contributed by atoms with Crippen LogP contribution in [-0.2, 0) is 9.59 Å². The van der Waals surface area contributed by atoms with E-state index in [4.69, 9.17) is 5.21 Å². The van der Waals surface area contributed by atoms with Crippen LogP contribution in [0, 0.1) is 0 Å². The first-order valence-corrected chi connectivity index (χ1v) is 9.13. The number of hydrogen-bond acceptors (Lipinski definition) is 6. The van der Waals surface area contributed by atoms with Gasteiger partial charge in [0.05, 0.1) is 6.21 Å². The van der Waals surface area contributed by atoms with Crippen molar-refractivity contribution >= 4 is 23.9 Å². The highest BCUT2D eigenvalue weighted by Crippen LogP contribution is 2.21. The molecule has 0 aliphatic heterocycles. The summed E-state index contributed by atoms with van der Waals surface area (Å²) < 4.78 is 0. The van der Waals surface area contributed by atoms with Crippen LogP contribution in [0.3, 0.4) is 0 Å². The van der Waals surface area contributed by atoms with Crippen molar-refractivity contribution in [3.63, 3.8) is 0 Å². The van der Waals surface area contributed by atoms with Crippen LogP contribution in [0.25, 0.3) is 11.1 Å². The highest BCUT2D eigenvalue weighted by atomic mass is 16.5. The molecular formula is C21H25N5O4. The second-order valence-electron chi connectivity index (χ2n) is 6.70. The van der Waals surface area contributed by atoms with E-state index >= 15 is 0 Å². The predicted molar refractivity (Wildman–Crippen MR) is 113 cm³/mol. The third-order valence-electron chi connectivity index (χ3n) is 4.37. The molecular weight excluding hydrogens is 386 g/mol. The number of hydrogen-bond donors (Lipinski definition) is 3. The van der Waals surface area contributed by atoms with Crippen LogP contribution in [0.15, 0.2) is 53.6 Å². The lowest BCUT2D eigenvalue weighted by molar-refractivity contribution is -0.140. The van der Waals surface area contributed by atoms with Gasteiger partial charge < -0.3 is 15.2 Å². The molecule has 9 heteroatoms. The zero-order valence-electron chi connectivity index (χ0n) is 17.3. The number of rotatable bonds is 7. The fourth-order valence-corrected chi connectivity index (χ4v) is 2.74. The third-order valence-corrected chi connectivity index (χ3v) is 4.37. The number of amides is 3. The van der Waals surface area contributed by atoms with E-state index in [-0.39, 0.29) is 0 Å². The standard InChI is InChI=1S/C21H25N5O4/c1-22-19(27)18(20(28)24-30)26(4)21(29)17-11-9-16(10-12-17)15-7-5-14(6-8-15)13-23-25(2)3/h5-13,18,30H,1-4H3,(H,22,27)(H,24,28)/b23-13+. The van der Waals surface area contributed by atoms with Crippen molar-refractivity contribution in [3.8, 4) is 11.1 Å². The van der Waals surface area contributed by atoms with E-state index in [1.165, 1.54) is 19.6 Å². The normalized spacial score (nSPS) is 11.6. The highest BCUT2D eigenvalue weighted by molar-refractivity contribution is 6.08. The smallest absolute Gasteiger partial charge is 0.275 e. The highest BCUT2D eigenvalue weighted by Gasteiger charge is 2.33. The maximum atomic E-state index is 12.7. The molecule has 2 rings (SSSR count). The van der Waals surface area contributed by atoms with Gasteiger partial charge in [0.25, 0.3) is 17.7 Å². The van der Waals surface area contributed by atoms with E-state index in [0.29, 0.717) is 5.56 Å². The fourth-order valence-electron chi connectivity index (χ4n) is 2.74. The summed E-state index contributed by atoms with van der Waals surface area (Å²) in [5, 5.41) is 17.1. The van der Waals surface area contributed by atoms with Gasteiger partial charge in [-0.1, -0.05) is 36.4 Å². The number of nitrogens with zero attached hydrogens (tertiary/aromatic N) is 3. The molecule has 158 valence electrons. The molecule has 0 heterocycles. The molecule has 9 nitrogen and oxygen atoms in total. The monoisotopic (exact) mass is 411 g/mol. The van der Waals surface area contributed by atoms with Gasteiger partial charge in [0, 0.05) is 33.8 Å². The average Bonchev–Trinajstić information content (AvgIpc) is 2.77. The Kier molecular flexibility index (Phi) is 7.65. The summed E-state index contributed by atoms with van der Waals surface area (Å²) in [4.78, 5) is 37.4. The predicted octanol–water partition coefficient (Wildman–Crippen LogP) is 0.941. The molecule has 0 fully saturated rings. The topological polar surface area (TPSA) is 114 Å². The number of nitrogens with one attached hydrogen (secondary N) is 2. The van der Waals surface area contributed by atoms with Crippen LogP contribution in [-0.4, -0.2) is 73.3 Å². The summed E-state index contributed by atoms with van der Waals surface area (Å²) in [5.74, 6) is -2.25. The molecule has 30 heavy (non-hydrogen) atoms. The first-order chi connectivity index (χ1) is 14.3. The van der Waals surface area contributed by atoms with E-state index in [2.05, 4.69) is 10.4 Å². The van der Waals surface area contributed by atoms with Gasteiger partial charge in [-0.05, 0) is 28.8 Å². The van der Waals surface area contributed by atoms with Gasteiger partial charge in [-0.2, -0.15) is 5.10 Å². The van der Waals surface area contributed by atoms with Crippen LogP contribution in [0.4, 0.5) is 0 Å². The summed E-state index contributed by atoms with van der Waals surface area (Å²) >= 11 is 0. The molecule has 0 saturated heterocycles.